The average Bonchev–Trinajstić information content (AvgIpc) is 2.82. The van der Waals surface area contributed by atoms with Crippen molar-refractivity contribution in [2.75, 3.05) is 18.5 Å². The highest BCUT2D eigenvalue weighted by Gasteiger charge is 2.16. The molecule has 1 aromatic carbocycles. The lowest BCUT2D eigenvalue weighted by atomic mass is 10.2. The predicted octanol–water partition coefficient (Wildman–Crippen LogP) is 2.13. The number of hydrogen-bond acceptors (Lipinski definition) is 2. The van der Waals surface area contributed by atoms with Crippen molar-refractivity contribution >= 4 is 11.7 Å². The van der Waals surface area contributed by atoms with E-state index in [0.29, 0.717) is 6.54 Å². The molecule has 5 heteroatoms. The molecular formula is C12H15FN2O2. The number of urea groups is 1. The monoisotopic (exact) mass is 238 g/mol. The molecule has 4 nitrogen and oxygen atoms in total. The van der Waals surface area contributed by atoms with Crippen LogP contribution in [0.3, 0.4) is 0 Å². The number of rotatable bonds is 3. The summed E-state index contributed by atoms with van der Waals surface area (Å²) < 4.78 is 18.6. The van der Waals surface area contributed by atoms with Crippen molar-refractivity contribution in [2.45, 2.75) is 18.9 Å². The Hall–Kier alpha value is -1.62. The zero-order valence-corrected chi connectivity index (χ0v) is 9.41. The van der Waals surface area contributed by atoms with Crippen molar-refractivity contribution in [3.8, 4) is 0 Å². The lowest BCUT2D eigenvalue weighted by Gasteiger charge is -2.11. The molecule has 0 bridgehead atoms. The zero-order valence-electron chi connectivity index (χ0n) is 9.41. The maximum absolute atomic E-state index is 13.2. The van der Waals surface area contributed by atoms with Crippen LogP contribution in [0.5, 0.6) is 0 Å². The minimum atomic E-state index is -0.445. The van der Waals surface area contributed by atoms with E-state index in [9.17, 15) is 9.18 Å². The topological polar surface area (TPSA) is 50.4 Å². The largest absolute Gasteiger partial charge is 0.376 e. The van der Waals surface area contributed by atoms with Gasteiger partial charge in [-0.05, 0) is 25.0 Å². The Morgan fingerprint density at radius 1 is 1.47 bits per heavy atom. The van der Waals surface area contributed by atoms with E-state index >= 15 is 0 Å². The van der Waals surface area contributed by atoms with Gasteiger partial charge in [0.05, 0.1) is 11.8 Å². The Morgan fingerprint density at radius 3 is 3.00 bits per heavy atom. The maximum atomic E-state index is 13.2. The molecule has 1 aromatic rings. The van der Waals surface area contributed by atoms with E-state index in [1.165, 1.54) is 12.1 Å². The number of ether oxygens (including phenoxy) is 1. The summed E-state index contributed by atoms with van der Waals surface area (Å²) >= 11 is 0. The molecule has 1 aliphatic heterocycles. The van der Waals surface area contributed by atoms with Crippen LogP contribution in [0.2, 0.25) is 0 Å². The molecular weight excluding hydrogens is 223 g/mol. The molecule has 0 radical (unpaired) electrons. The van der Waals surface area contributed by atoms with E-state index in [1.54, 1.807) is 12.1 Å². The van der Waals surface area contributed by atoms with Crippen LogP contribution in [-0.4, -0.2) is 25.3 Å². The second-order valence-electron chi connectivity index (χ2n) is 3.95. The summed E-state index contributed by atoms with van der Waals surface area (Å²) in [6.07, 6.45) is 2.07. The number of carbonyl (C=O) groups is 1. The second kappa shape index (κ2) is 5.63. The molecule has 2 N–H and O–H groups in total. The third kappa shape index (κ3) is 3.42. The van der Waals surface area contributed by atoms with Gasteiger partial charge in [0.1, 0.15) is 5.82 Å². The van der Waals surface area contributed by atoms with Crippen LogP contribution in [0.4, 0.5) is 14.9 Å². The molecule has 2 rings (SSSR count). The van der Waals surface area contributed by atoms with Gasteiger partial charge < -0.3 is 15.4 Å². The van der Waals surface area contributed by atoms with Crippen LogP contribution in [-0.2, 0) is 4.74 Å². The van der Waals surface area contributed by atoms with Crippen LogP contribution >= 0.6 is 0 Å². The molecule has 0 spiro atoms. The molecule has 1 fully saturated rings. The molecule has 1 aliphatic rings. The van der Waals surface area contributed by atoms with Crippen LogP contribution in [0, 0.1) is 5.82 Å². The number of anilines is 1. The molecule has 1 atom stereocenters. The predicted molar refractivity (Wildman–Crippen MR) is 62.4 cm³/mol. The molecule has 1 saturated heterocycles. The van der Waals surface area contributed by atoms with Crippen molar-refractivity contribution in [3.63, 3.8) is 0 Å². The van der Waals surface area contributed by atoms with E-state index in [2.05, 4.69) is 10.6 Å². The van der Waals surface area contributed by atoms with Crippen molar-refractivity contribution < 1.29 is 13.9 Å². The fourth-order valence-electron chi connectivity index (χ4n) is 1.74. The summed E-state index contributed by atoms with van der Waals surface area (Å²) in [5.41, 5.74) is 0.178. The first-order chi connectivity index (χ1) is 8.25. The lowest BCUT2D eigenvalue weighted by molar-refractivity contribution is 0.112. The summed E-state index contributed by atoms with van der Waals surface area (Å²) in [6.45, 7) is 1.21. The highest BCUT2D eigenvalue weighted by atomic mass is 19.1. The highest BCUT2D eigenvalue weighted by Crippen LogP contribution is 2.13. The molecule has 2 amide bonds. The smallest absolute Gasteiger partial charge is 0.319 e. The summed E-state index contributed by atoms with van der Waals surface area (Å²) in [4.78, 5) is 11.5. The number of benzene rings is 1. The van der Waals surface area contributed by atoms with Gasteiger partial charge >= 0.3 is 6.03 Å². The van der Waals surface area contributed by atoms with Gasteiger partial charge in [-0.3, -0.25) is 0 Å². The van der Waals surface area contributed by atoms with E-state index in [-0.39, 0.29) is 11.8 Å². The van der Waals surface area contributed by atoms with E-state index < -0.39 is 11.8 Å². The van der Waals surface area contributed by atoms with Gasteiger partial charge in [-0.2, -0.15) is 0 Å². The summed E-state index contributed by atoms with van der Waals surface area (Å²) in [5.74, 6) is -0.445. The minimum Gasteiger partial charge on any atom is -0.376 e. The first-order valence-corrected chi connectivity index (χ1v) is 5.66. The Morgan fingerprint density at radius 2 is 2.29 bits per heavy atom. The van der Waals surface area contributed by atoms with Crippen LogP contribution in [0.1, 0.15) is 12.8 Å². The minimum absolute atomic E-state index is 0.0846. The average molecular weight is 238 g/mol. The lowest BCUT2D eigenvalue weighted by Crippen LogP contribution is -2.35. The van der Waals surface area contributed by atoms with E-state index in [0.717, 1.165) is 19.4 Å². The molecule has 0 saturated carbocycles. The normalized spacial score (nSPS) is 19.0. The van der Waals surface area contributed by atoms with Crippen molar-refractivity contribution in [3.05, 3.63) is 30.1 Å². The van der Waals surface area contributed by atoms with Crippen LogP contribution < -0.4 is 10.6 Å². The van der Waals surface area contributed by atoms with E-state index in [1.807, 2.05) is 0 Å². The summed E-state index contributed by atoms with van der Waals surface area (Å²) in [5, 5.41) is 5.11. The number of halogens is 1. The zero-order chi connectivity index (χ0) is 12.1. The van der Waals surface area contributed by atoms with Gasteiger partial charge in [0.25, 0.3) is 0 Å². The Labute approximate surface area is 99.2 Å². The molecule has 92 valence electrons. The molecule has 1 heterocycles. The number of para-hydroxylation sites is 1. The van der Waals surface area contributed by atoms with E-state index in [4.69, 9.17) is 4.74 Å². The molecule has 0 unspecified atom stereocenters. The fourth-order valence-corrected chi connectivity index (χ4v) is 1.74. The second-order valence-corrected chi connectivity index (χ2v) is 3.95. The quantitative estimate of drug-likeness (QED) is 0.847. The van der Waals surface area contributed by atoms with Gasteiger partial charge in [0.2, 0.25) is 0 Å². The summed E-state index contributed by atoms with van der Waals surface area (Å²) in [7, 11) is 0. The third-order valence-electron chi connectivity index (χ3n) is 2.64. The molecule has 0 aromatic heterocycles. The SMILES string of the molecule is O=C(NC[C@H]1CCCO1)Nc1ccccc1F. The number of hydrogen-bond donors (Lipinski definition) is 2. The van der Waals surface area contributed by atoms with Gasteiger partial charge in [0, 0.05) is 13.2 Å². The van der Waals surface area contributed by atoms with Crippen molar-refractivity contribution in [2.24, 2.45) is 0 Å². The van der Waals surface area contributed by atoms with Crippen molar-refractivity contribution in [1.29, 1.82) is 0 Å². The maximum Gasteiger partial charge on any atom is 0.319 e. The van der Waals surface area contributed by atoms with Crippen molar-refractivity contribution in [1.82, 2.24) is 5.32 Å². The number of nitrogens with one attached hydrogen (secondary N) is 2. The standard InChI is InChI=1S/C12H15FN2O2/c13-10-5-1-2-6-11(10)15-12(16)14-8-9-4-3-7-17-9/h1-2,5-6,9H,3-4,7-8H2,(H2,14,15,16)/t9-/m1/s1. The summed E-state index contributed by atoms with van der Waals surface area (Å²) in [6, 6.07) is 5.64. The Kier molecular flexibility index (Phi) is 3.93. The first-order valence-electron chi connectivity index (χ1n) is 5.66. The third-order valence-corrected chi connectivity index (χ3v) is 2.64. The van der Waals surface area contributed by atoms with Gasteiger partial charge in [-0.15, -0.1) is 0 Å². The van der Waals surface area contributed by atoms with Crippen LogP contribution in [0.15, 0.2) is 24.3 Å². The van der Waals surface area contributed by atoms with Gasteiger partial charge in [0.15, 0.2) is 0 Å². The van der Waals surface area contributed by atoms with Gasteiger partial charge in [-0.1, -0.05) is 12.1 Å². The highest BCUT2D eigenvalue weighted by molar-refractivity contribution is 5.89. The molecule has 0 aliphatic carbocycles. The first kappa shape index (κ1) is 11.9. The molecule has 17 heavy (non-hydrogen) atoms. The Balaban J connectivity index is 1.79. The number of amides is 2. The fraction of sp³-hybridized carbons (Fsp3) is 0.417. The number of carbonyl (C=O) groups excluding carboxylic acids is 1. The van der Waals surface area contributed by atoms with Gasteiger partial charge in [-0.25, -0.2) is 9.18 Å². The Bertz CT molecular complexity index is 392. The van der Waals surface area contributed by atoms with Crippen LogP contribution in [0.25, 0.3) is 0 Å².